The van der Waals surface area contributed by atoms with Gasteiger partial charge in [-0.15, -0.1) is 0 Å². The third-order valence-corrected chi connectivity index (χ3v) is 5.93. The van der Waals surface area contributed by atoms with E-state index < -0.39 is 31.3 Å². The van der Waals surface area contributed by atoms with Gasteiger partial charge in [0.05, 0.1) is 35.6 Å². The topological polar surface area (TPSA) is 165 Å². The van der Waals surface area contributed by atoms with Crippen molar-refractivity contribution in [3.63, 3.8) is 0 Å². The van der Waals surface area contributed by atoms with Crippen LogP contribution in [0.2, 0.25) is 0 Å². The average molecular weight is 612 g/mol. The molecule has 0 saturated carbocycles. The van der Waals surface area contributed by atoms with Crippen molar-refractivity contribution in [1.82, 2.24) is 14.1 Å². The van der Waals surface area contributed by atoms with E-state index in [0.717, 1.165) is 33.7 Å². The van der Waals surface area contributed by atoms with Gasteiger partial charge in [0, 0.05) is 12.1 Å². The Morgan fingerprint density at radius 1 is 0.625 bits per heavy atom. The summed E-state index contributed by atoms with van der Waals surface area (Å²) in [5.74, 6) is 1.76. The highest BCUT2D eigenvalue weighted by Crippen LogP contribution is 2.21. The van der Waals surface area contributed by atoms with Crippen molar-refractivity contribution in [1.29, 1.82) is 0 Å². The molecule has 0 fully saturated rings. The van der Waals surface area contributed by atoms with Gasteiger partial charge in [-0.05, 0) is 36.4 Å². The molecule has 19 heteroatoms. The largest absolute Gasteiger partial charge is 0.741 e. The second-order valence-electron chi connectivity index (χ2n) is 7.47. The standard InChI is InChI=1S/C19H13N5.2CHF3O3S/c1-6-16(23-12-8-14-4-2-10-20-18(14)23)22-17(7-1)24-13-9-15-5-3-11-21-19(15)24;2*2-1(3,4)8(5,6)7/h1-13H;2*(H,5,6,7). The second-order valence-corrected chi connectivity index (χ2v) is 10.2. The minimum atomic E-state index is -6.09. The molecule has 5 rings (SSSR count). The zero-order valence-corrected chi connectivity index (χ0v) is 21.0. The van der Waals surface area contributed by atoms with E-state index in [1.807, 2.05) is 55.1 Å². The van der Waals surface area contributed by atoms with Crippen LogP contribution in [0.3, 0.4) is 0 Å². The predicted molar refractivity (Wildman–Crippen MR) is 123 cm³/mol. The maximum absolute atomic E-state index is 10.7. The predicted octanol–water partition coefficient (Wildman–Crippen LogP) is 2.70. The van der Waals surface area contributed by atoms with Gasteiger partial charge in [0.15, 0.2) is 20.2 Å². The molecule has 5 aromatic heterocycles. The van der Waals surface area contributed by atoms with Gasteiger partial charge < -0.3 is 9.11 Å². The van der Waals surface area contributed by atoms with Crippen LogP contribution in [-0.4, -0.2) is 51.1 Å². The smallest absolute Gasteiger partial charge is 0.485 e. The van der Waals surface area contributed by atoms with Crippen LogP contribution < -0.4 is 9.97 Å². The normalized spacial score (nSPS) is 12.4. The van der Waals surface area contributed by atoms with Crippen LogP contribution >= 0.6 is 0 Å². The van der Waals surface area contributed by atoms with Gasteiger partial charge in [0.2, 0.25) is 11.6 Å². The van der Waals surface area contributed by atoms with Crippen molar-refractivity contribution in [2.45, 2.75) is 11.0 Å². The number of rotatable bonds is 2. The summed E-state index contributed by atoms with van der Waals surface area (Å²) >= 11 is 0. The van der Waals surface area contributed by atoms with Crippen molar-refractivity contribution in [3.8, 4) is 11.6 Å². The highest BCUT2D eigenvalue weighted by atomic mass is 32.2. The number of nitrogens with one attached hydrogen (secondary N) is 2. The molecule has 214 valence electrons. The summed E-state index contributed by atoms with van der Waals surface area (Å²) in [6, 6.07) is 18.4. The Hall–Kier alpha value is -4.07. The number of hydrogen-bond acceptors (Lipinski definition) is 7. The first-order valence-electron chi connectivity index (χ1n) is 10.4. The van der Waals surface area contributed by atoms with Crippen LogP contribution in [-0.2, 0) is 20.2 Å². The first kappa shape index (κ1) is 30.5. The number of fused-ring (bicyclic) bond motifs is 2. The molecular weight excluding hydrogens is 596 g/mol. The number of alkyl halides is 6. The van der Waals surface area contributed by atoms with E-state index in [2.05, 4.69) is 43.4 Å². The molecule has 0 aliphatic rings. The molecule has 0 aliphatic carbocycles. The molecule has 0 aliphatic heterocycles. The quantitative estimate of drug-likeness (QED) is 0.168. The molecule has 5 heterocycles. The number of nitrogens with zero attached hydrogens (tertiary/aromatic N) is 3. The fourth-order valence-electron chi connectivity index (χ4n) is 3.09. The lowest BCUT2D eigenvalue weighted by Gasteiger charge is -2.08. The average Bonchev–Trinajstić information content (AvgIpc) is 3.47. The van der Waals surface area contributed by atoms with Gasteiger partial charge >= 0.3 is 11.0 Å². The van der Waals surface area contributed by atoms with Gasteiger partial charge in [-0.2, -0.15) is 40.5 Å². The van der Waals surface area contributed by atoms with Gasteiger partial charge in [-0.25, -0.2) is 26.8 Å². The Morgan fingerprint density at radius 3 is 1.30 bits per heavy atom. The fraction of sp³-hybridized carbons (Fsp3) is 0.0952. The van der Waals surface area contributed by atoms with Crippen molar-refractivity contribution >= 4 is 42.3 Å². The van der Waals surface area contributed by atoms with Crippen LogP contribution in [0.15, 0.2) is 79.4 Å². The molecule has 0 unspecified atom stereocenters. The zero-order chi connectivity index (χ0) is 29.9. The van der Waals surface area contributed by atoms with E-state index in [4.69, 9.17) is 30.9 Å². The summed E-state index contributed by atoms with van der Waals surface area (Å²) < 4.78 is 122. The molecule has 0 aromatic carbocycles. The zero-order valence-electron chi connectivity index (χ0n) is 19.4. The Kier molecular flexibility index (Phi) is 8.53. The molecule has 11 nitrogen and oxygen atoms in total. The van der Waals surface area contributed by atoms with Crippen LogP contribution in [0.25, 0.3) is 33.7 Å². The summed E-state index contributed by atoms with van der Waals surface area (Å²) in [5.41, 5.74) is -9.22. The number of aromatic amines is 2. The van der Waals surface area contributed by atoms with Gasteiger partial charge in [0.25, 0.3) is 11.3 Å². The molecule has 0 atom stereocenters. The van der Waals surface area contributed by atoms with Gasteiger partial charge in [-0.3, -0.25) is 0 Å². The number of hydrogen-bond donors (Lipinski definition) is 0. The molecule has 0 spiro atoms. The SMILES string of the molecule is O=S(=O)([O-])C(F)(F)F.O=S(=O)([O-])C(F)(F)F.c1cc(-n2ccc3ccc[nH+]c32)nc(-n2ccc3ccc[nH+]c32)c1. The minimum absolute atomic E-state index is 0.878. The lowest BCUT2D eigenvalue weighted by molar-refractivity contribution is -0.348. The molecule has 5 aromatic rings. The van der Waals surface area contributed by atoms with Crippen molar-refractivity contribution in [3.05, 3.63) is 79.4 Å². The molecule has 40 heavy (non-hydrogen) atoms. The van der Waals surface area contributed by atoms with E-state index in [9.17, 15) is 26.3 Å². The summed E-state index contributed by atoms with van der Waals surface area (Å²) in [7, 11) is -12.2. The monoisotopic (exact) mass is 611 g/mol. The van der Waals surface area contributed by atoms with Crippen molar-refractivity contribution in [2.75, 3.05) is 0 Å². The number of pyridine rings is 3. The first-order valence-corrected chi connectivity index (χ1v) is 13.2. The minimum Gasteiger partial charge on any atom is -0.741 e. The molecule has 0 bridgehead atoms. The van der Waals surface area contributed by atoms with Crippen LogP contribution in [0.4, 0.5) is 26.3 Å². The number of halogens is 6. The molecule has 0 amide bonds. The number of aromatic nitrogens is 5. The van der Waals surface area contributed by atoms with E-state index >= 15 is 0 Å². The van der Waals surface area contributed by atoms with Crippen molar-refractivity contribution in [2.24, 2.45) is 0 Å². The van der Waals surface area contributed by atoms with E-state index in [0.29, 0.717) is 0 Å². The van der Waals surface area contributed by atoms with Crippen molar-refractivity contribution < 1.29 is 62.3 Å². The maximum Gasteiger partial charge on any atom is 0.485 e. The van der Waals surface area contributed by atoms with Crippen LogP contribution in [0, 0.1) is 0 Å². The Morgan fingerprint density at radius 2 is 0.975 bits per heavy atom. The lowest BCUT2D eigenvalue weighted by atomic mass is 10.3. The van der Waals surface area contributed by atoms with Gasteiger partial charge in [0.1, 0.15) is 0 Å². The highest BCUT2D eigenvalue weighted by molar-refractivity contribution is 7.86. The third kappa shape index (κ3) is 7.11. The summed E-state index contributed by atoms with van der Waals surface area (Å²) in [5, 5.41) is 2.31. The Balaban J connectivity index is 0.000000230. The van der Waals surface area contributed by atoms with E-state index in [1.165, 1.54) is 0 Å². The first-order chi connectivity index (χ1) is 18.4. The molecule has 0 saturated heterocycles. The van der Waals surface area contributed by atoms with Gasteiger partial charge in [-0.1, -0.05) is 6.07 Å². The number of H-pyrrole nitrogens is 2. The third-order valence-electron chi connectivity index (χ3n) is 4.80. The van der Waals surface area contributed by atoms with E-state index in [1.54, 1.807) is 0 Å². The van der Waals surface area contributed by atoms with E-state index in [-0.39, 0.29) is 0 Å². The van der Waals surface area contributed by atoms with Crippen LogP contribution in [0.5, 0.6) is 0 Å². The Bertz CT molecular complexity index is 1720. The molecule has 0 radical (unpaired) electrons. The molecular formula is C21H15F6N5O6S2. The second kappa shape index (κ2) is 11.2. The summed E-state index contributed by atoms with van der Waals surface area (Å²) in [6.45, 7) is 0. The fourth-order valence-corrected chi connectivity index (χ4v) is 3.09. The maximum atomic E-state index is 10.7. The summed E-state index contributed by atoms with van der Waals surface area (Å²) in [6.07, 6.45) is 7.93. The molecule has 2 N–H and O–H groups in total. The lowest BCUT2D eigenvalue weighted by Crippen LogP contribution is -2.21. The highest BCUT2D eigenvalue weighted by Gasteiger charge is 2.37. The van der Waals surface area contributed by atoms with Crippen LogP contribution in [0.1, 0.15) is 0 Å². The Labute approximate surface area is 220 Å². The summed E-state index contributed by atoms with van der Waals surface area (Å²) in [4.78, 5) is 11.4.